The quantitative estimate of drug-likeness (QED) is 0.662. The van der Waals surface area contributed by atoms with Gasteiger partial charge in [0.25, 0.3) is 0 Å². The minimum Gasteiger partial charge on any atom is -0.505 e. The van der Waals surface area contributed by atoms with Crippen LogP contribution in [0, 0.1) is 0 Å². The van der Waals surface area contributed by atoms with E-state index in [4.69, 9.17) is 9.52 Å². The maximum atomic E-state index is 9.46. The molecule has 0 unspecified atom stereocenters. The summed E-state index contributed by atoms with van der Waals surface area (Å²) >= 11 is 0. The van der Waals surface area contributed by atoms with Crippen molar-refractivity contribution in [2.45, 2.75) is 6.61 Å². The summed E-state index contributed by atoms with van der Waals surface area (Å²) in [5.74, 6) is -0.0104. The first-order valence-electron chi connectivity index (χ1n) is 3.48. The number of benzene rings is 1. The monoisotopic (exact) mass is 165 g/mol. The van der Waals surface area contributed by atoms with E-state index in [1.54, 1.807) is 12.1 Å². The molecule has 1 aromatic heterocycles. The number of aromatic nitrogens is 1. The Labute approximate surface area is 68.1 Å². The molecule has 12 heavy (non-hydrogen) atoms. The van der Waals surface area contributed by atoms with E-state index < -0.39 is 0 Å². The molecule has 62 valence electrons. The van der Waals surface area contributed by atoms with Gasteiger partial charge in [0.15, 0.2) is 23.2 Å². The number of aliphatic hydroxyl groups excluding tert-OH is 1. The van der Waals surface area contributed by atoms with Crippen molar-refractivity contribution in [3.8, 4) is 5.75 Å². The molecular formula is C8H7NO3. The fraction of sp³-hybridized carbons (Fsp3) is 0.125. The van der Waals surface area contributed by atoms with Crippen molar-refractivity contribution in [1.82, 2.24) is 4.98 Å². The fourth-order valence-electron chi connectivity index (χ4n) is 1.09. The predicted molar refractivity (Wildman–Crippen MR) is 41.6 cm³/mol. The summed E-state index contributed by atoms with van der Waals surface area (Å²) in [7, 11) is 0. The van der Waals surface area contributed by atoms with Crippen molar-refractivity contribution >= 4 is 11.1 Å². The standard InChI is InChI=1S/C8H7NO3/c10-3-5-1-2-6-7(8(5)11)9-4-12-6/h1-2,4,10-11H,3H2. The highest BCUT2D eigenvalue weighted by atomic mass is 16.3. The first kappa shape index (κ1) is 7.12. The van der Waals surface area contributed by atoms with Gasteiger partial charge in [-0.3, -0.25) is 0 Å². The first-order chi connectivity index (χ1) is 5.83. The van der Waals surface area contributed by atoms with Crippen molar-refractivity contribution in [2.75, 3.05) is 0 Å². The lowest BCUT2D eigenvalue weighted by Gasteiger charge is -1.98. The average Bonchev–Trinajstić information content (AvgIpc) is 2.53. The molecule has 2 rings (SSSR count). The van der Waals surface area contributed by atoms with Crippen LogP contribution in [0.1, 0.15) is 5.56 Å². The Balaban J connectivity index is 2.78. The number of fused-ring (bicyclic) bond motifs is 1. The van der Waals surface area contributed by atoms with Gasteiger partial charge in [0, 0.05) is 5.56 Å². The highest BCUT2D eigenvalue weighted by molar-refractivity contribution is 5.80. The second-order valence-corrected chi connectivity index (χ2v) is 2.43. The van der Waals surface area contributed by atoms with Gasteiger partial charge in [0.1, 0.15) is 0 Å². The van der Waals surface area contributed by atoms with Crippen LogP contribution in [0.25, 0.3) is 11.1 Å². The molecule has 0 aliphatic rings. The van der Waals surface area contributed by atoms with E-state index in [-0.39, 0.29) is 12.4 Å². The largest absolute Gasteiger partial charge is 0.505 e. The normalized spacial score (nSPS) is 10.8. The minimum absolute atomic E-state index is 0.0104. The Kier molecular flexibility index (Phi) is 1.48. The van der Waals surface area contributed by atoms with Crippen LogP contribution in [0.3, 0.4) is 0 Å². The molecule has 4 nitrogen and oxygen atoms in total. The van der Waals surface area contributed by atoms with Crippen LogP contribution in [0.2, 0.25) is 0 Å². The van der Waals surface area contributed by atoms with Crippen LogP contribution >= 0.6 is 0 Å². The first-order valence-corrected chi connectivity index (χ1v) is 3.48. The van der Waals surface area contributed by atoms with Gasteiger partial charge in [-0.05, 0) is 12.1 Å². The van der Waals surface area contributed by atoms with E-state index in [0.29, 0.717) is 16.7 Å². The van der Waals surface area contributed by atoms with Gasteiger partial charge in [-0.15, -0.1) is 0 Å². The molecule has 0 spiro atoms. The third-order valence-electron chi connectivity index (χ3n) is 1.73. The van der Waals surface area contributed by atoms with Gasteiger partial charge in [-0.25, -0.2) is 4.98 Å². The summed E-state index contributed by atoms with van der Waals surface area (Å²) in [6.45, 7) is -0.200. The summed E-state index contributed by atoms with van der Waals surface area (Å²) in [6, 6.07) is 3.26. The molecule has 4 heteroatoms. The number of rotatable bonds is 1. The number of aliphatic hydroxyl groups is 1. The summed E-state index contributed by atoms with van der Waals surface area (Å²) in [5.41, 5.74) is 1.36. The van der Waals surface area contributed by atoms with E-state index in [1.165, 1.54) is 6.39 Å². The summed E-state index contributed by atoms with van der Waals surface area (Å²) in [5, 5.41) is 18.3. The second kappa shape index (κ2) is 2.49. The summed E-state index contributed by atoms with van der Waals surface area (Å²) in [4.78, 5) is 3.80. The highest BCUT2D eigenvalue weighted by Gasteiger charge is 2.07. The predicted octanol–water partition coefficient (Wildman–Crippen LogP) is 1.03. The number of hydrogen-bond donors (Lipinski definition) is 2. The lowest BCUT2D eigenvalue weighted by atomic mass is 10.2. The average molecular weight is 165 g/mol. The Morgan fingerprint density at radius 2 is 2.25 bits per heavy atom. The molecule has 0 atom stereocenters. The Hall–Kier alpha value is -1.55. The summed E-state index contributed by atoms with van der Waals surface area (Å²) < 4.78 is 4.95. The van der Waals surface area contributed by atoms with Crippen molar-refractivity contribution < 1.29 is 14.6 Å². The van der Waals surface area contributed by atoms with Gasteiger partial charge >= 0.3 is 0 Å². The van der Waals surface area contributed by atoms with Crippen LogP contribution in [0.15, 0.2) is 22.9 Å². The van der Waals surface area contributed by atoms with Crippen LogP contribution in [0.5, 0.6) is 5.75 Å². The fourth-order valence-corrected chi connectivity index (χ4v) is 1.09. The molecular weight excluding hydrogens is 158 g/mol. The van der Waals surface area contributed by atoms with E-state index in [9.17, 15) is 5.11 Å². The highest BCUT2D eigenvalue weighted by Crippen LogP contribution is 2.26. The molecule has 0 aliphatic carbocycles. The number of phenols is 1. The molecule has 0 fully saturated rings. The zero-order valence-corrected chi connectivity index (χ0v) is 6.19. The SMILES string of the molecule is OCc1ccc2ocnc2c1O. The van der Waals surface area contributed by atoms with E-state index in [0.717, 1.165) is 0 Å². The molecule has 2 aromatic rings. The van der Waals surface area contributed by atoms with Gasteiger partial charge in [0.2, 0.25) is 0 Å². The maximum Gasteiger partial charge on any atom is 0.182 e. The number of oxazole rings is 1. The lowest BCUT2D eigenvalue weighted by molar-refractivity contribution is 0.276. The van der Waals surface area contributed by atoms with Crippen LogP contribution < -0.4 is 0 Å². The third kappa shape index (κ3) is 0.853. The van der Waals surface area contributed by atoms with E-state index in [2.05, 4.69) is 4.98 Å². The summed E-state index contributed by atoms with van der Waals surface area (Å²) in [6.07, 6.45) is 1.26. The third-order valence-corrected chi connectivity index (χ3v) is 1.73. The van der Waals surface area contributed by atoms with Crippen molar-refractivity contribution in [1.29, 1.82) is 0 Å². The number of nitrogens with zero attached hydrogens (tertiary/aromatic N) is 1. The zero-order valence-electron chi connectivity index (χ0n) is 6.19. The molecule has 0 radical (unpaired) electrons. The number of aromatic hydroxyl groups is 1. The molecule has 2 N–H and O–H groups in total. The van der Waals surface area contributed by atoms with Crippen LogP contribution in [-0.4, -0.2) is 15.2 Å². The Bertz CT molecular complexity index is 408. The zero-order chi connectivity index (χ0) is 8.55. The molecule has 0 amide bonds. The van der Waals surface area contributed by atoms with Crippen molar-refractivity contribution in [3.63, 3.8) is 0 Å². The minimum atomic E-state index is -0.200. The second-order valence-electron chi connectivity index (χ2n) is 2.43. The lowest BCUT2D eigenvalue weighted by Crippen LogP contribution is -1.84. The van der Waals surface area contributed by atoms with Crippen molar-refractivity contribution in [2.24, 2.45) is 0 Å². The smallest absolute Gasteiger partial charge is 0.182 e. The van der Waals surface area contributed by atoms with Gasteiger partial charge in [0.05, 0.1) is 6.61 Å². The molecule has 1 heterocycles. The van der Waals surface area contributed by atoms with E-state index in [1.807, 2.05) is 0 Å². The van der Waals surface area contributed by atoms with Crippen LogP contribution in [-0.2, 0) is 6.61 Å². The molecule has 0 saturated heterocycles. The van der Waals surface area contributed by atoms with Gasteiger partial charge in [-0.2, -0.15) is 0 Å². The Morgan fingerprint density at radius 1 is 1.42 bits per heavy atom. The van der Waals surface area contributed by atoms with Gasteiger partial charge < -0.3 is 14.6 Å². The Morgan fingerprint density at radius 3 is 3.00 bits per heavy atom. The van der Waals surface area contributed by atoms with Gasteiger partial charge in [-0.1, -0.05) is 0 Å². The van der Waals surface area contributed by atoms with Crippen molar-refractivity contribution in [3.05, 3.63) is 24.1 Å². The van der Waals surface area contributed by atoms with E-state index >= 15 is 0 Å². The number of hydrogen-bond acceptors (Lipinski definition) is 4. The molecule has 0 bridgehead atoms. The topological polar surface area (TPSA) is 66.5 Å². The van der Waals surface area contributed by atoms with Crippen LogP contribution in [0.4, 0.5) is 0 Å². The molecule has 0 saturated carbocycles. The maximum absolute atomic E-state index is 9.46. The molecule has 1 aromatic carbocycles. The molecule has 0 aliphatic heterocycles.